The predicted octanol–water partition coefficient (Wildman–Crippen LogP) is 3.37. The molecule has 2 aromatic rings. The molecule has 4 rings (SSSR count). The fourth-order valence-electron chi connectivity index (χ4n) is 4.51. The maximum Gasteiger partial charge on any atom is 0.127 e. The summed E-state index contributed by atoms with van der Waals surface area (Å²) in [6.07, 6.45) is 3.49. The molecule has 2 aromatic carbocycles. The van der Waals surface area contributed by atoms with Gasteiger partial charge >= 0.3 is 0 Å². The van der Waals surface area contributed by atoms with Gasteiger partial charge in [0.05, 0.1) is 0 Å². The topological polar surface area (TPSA) is 27.3 Å². The third-order valence-corrected chi connectivity index (χ3v) is 5.97. The monoisotopic (exact) mass is 353 g/mol. The highest BCUT2D eigenvalue weighted by molar-refractivity contribution is 5.18. The first-order valence-corrected chi connectivity index (χ1v) is 9.77. The standard InChI is InChI=1S/C22H28FN3/c23-21-9-5-4-8-19(21)16-26-12-10-18(11-13-26)22-20(15-24-25-22)14-17-6-2-1-3-7-17/h1-9,18,20,22,24-25H,10-16H2. The van der Waals surface area contributed by atoms with Crippen molar-refractivity contribution in [1.82, 2.24) is 15.8 Å². The van der Waals surface area contributed by atoms with Crippen LogP contribution in [0.1, 0.15) is 24.0 Å². The largest absolute Gasteiger partial charge is 0.299 e. The van der Waals surface area contributed by atoms with Crippen LogP contribution < -0.4 is 10.9 Å². The van der Waals surface area contributed by atoms with Crippen molar-refractivity contribution < 1.29 is 4.39 Å². The van der Waals surface area contributed by atoms with E-state index in [4.69, 9.17) is 0 Å². The highest BCUT2D eigenvalue weighted by Gasteiger charge is 2.35. The smallest absolute Gasteiger partial charge is 0.127 e. The lowest BCUT2D eigenvalue weighted by Gasteiger charge is -2.36. The van der Waals surface area contributed by atoms with Gasteiger partial charge < -0.3 is 0 Å². The van der Waals surface area contributed by atoms with Crippen molar-refractivity contribution in [2.24, 2.45) is 11.8 Å². The van der Waals surface area contributed by atoms with Crippen LogP contribution in [-0.2, 0) is 13.0 Å². The van der Waals surface area contributed by atoms with Gasteiger partial charge in [-0.15, -0.1) is 0 Å². The van der Waals surface area contributed by atoms with E-state index in [1.807, 2.05) is 12.1 Å². The van der Waals surface area contributed by atoms with E-state index in [0.717, 1.165) is 38.2 Å². The van der Waals surface area contributed by atoms with Gasteiger partial charge in [-0.05, 0) is 55.8 Å². The fraction of sp³-hybridized carbons (Fsp3) is 0.455. The van der Waals surface area contributed by atoms with Crippen LogP contribution in [0.5, 0.6) is 0 Å². The third kappa shape index (κ3) is 4.14. The number of piperidine rings is 1. The van der Waals surface area contributed by atoms with Crippen LogP contribution in [0.15, 0.2) is 54.6 Å². The van der Waals surface area contributed by atoms with Crippen molar-refractivity contribution in [3.05, 3.63) is 71.5 Å². The highest BCUT2D eigenvalue weighted by atomic mass is 19.1. The second-order valence-electron chi connectivity index (χ2n) is 7.71. The summed E-state index contributed by atoms with van der Waals surface area (Å²) in [5, 5.41) is 0. The van der Waals surface area contributed by atoms with Crippen LogP contribution in [0.4, 0.5) is 4.39 Å². The molecule has 0 radical (unpaired) electrons. The quantitative estimate of drug-likeness (QED) is 0.863. The molecule has 2 N–H and O–H groups in total. The lowest BCUT2D eigenvalue weighted by Crippen LogP contribution is -2.44. The zero-order chi connectivity index (χ0) is 17.8. The van der Waals surface area contributed by atoms with Crippen molar-refractivity contribution in [3.63, 3.8) is 0 Å². The zero-order valence-corrected chi connectivity index (χ0v) is 15.2. The molecule has 0 aromatic heterocycles. The van der Waals surface area contributed by atoms with Crippen LogP contribution in [-0.4, -0.2) is 30.6 Å². The van der Waals surface area contributed by atoms with Crippen LogP contribution in [0, 0.1) is 17.7 Å². The number of hydrogen-bond donors (Lipinski definition) is 2. The Labute approximate surface area is 155 Å². The average Bonchev–Trinajstić information content (AvgIpc) is 3.13. The summed E-state index contributed by atoms with van der Waals surface area (Å²) in [5.41, 5.74) is 9.16. The molecule has 2 aliphatic rings. The van der Waals surface area contributed by atoms with Gasteiger partial charge in [-0.2, -0.15) is 0 Å². The van der Waals surface area contributed by atoms with Crippen LogP contribution >= 0.6 is 0 Å². The Morgan fingerprint density at radius 1 is 0.962 bits per heavy atom. The molecule has 138 valence electrons. The summed E-state index contributed by atoms with van der Waals surface area (Å²) in [6, 6.07) is 18.5. The van der Waals surface area contributed by atoms with E-state index in [1.165, 1.54) is 18.4 Å². The Morgan fingerprint density at radius 2 is 1.69 bits per heavy atom. The molecular formula is C22H28FN3. The van der Waals surface area contributed by atoms with Crippen molar-refractivity contribution in [1.29, 1.82) is 0 Å². The zero-order valence-electron chi connectivity index (χ0n) is 15.2. The molecule has 0 bridgehead atoms. The number of hydrazine groups is 1. The molecule has 0 aliphatic carbocycles. The second kappa shape index (κ2) is 8.30. The Hall–Kier alpha value is -1.75. The molecule has 2 saturated heterocycles. The van der Waals surface area contributed by atoms with Crippen molar-refractivity contribution in [3.8, 4) is 0 Å². The number of likely N-dealkylation sites (tertiary alicyclic amines) is 1. The van der Waals surface area contributed by atoms with E-state index in [2.05, 4.69) is 46.1 Å². The Balaban J connectivity index is 1.32. The second-order valence-corrected chi connectivity index (χ2v) is 7.71. The Bertz CT molecular complexity index is 698. The van der Waals surface area contributed by atoms with Crippen molar-refractivity contribution in [2.45, 2.75) is 31.8 Å². The minimum Gasteiger partial charge on any atom is -0.299 e. The van der Waals surface area contributed by atoms with Crippen LogP contribution in [0.3, 0.4) is 0 Å². The molecule has 0 spiro atoms. The van der Waals surface area contributed by atoms with Gasteiger partial charge in [0.25, 0.3) is 0 Å². The van der Waals surface area contributed by atoms with Gasteiger partial charge in [0, 0.05) is 24.7 Å². The number of nitrogens with zero attached hydrogens (tertiary/aromatic N) is 1. The molecule has 2 aliphatic heterocycles. The highest BCUT2D eigenvalue weighted by Crippen LogP contribution is 2.29. The van der Waals surface area contributed by atoms with E-state index in [-0.39, 0.29) is 5.82 Å². The lowest BCUT2D eigenvalue weighted by molar-refractivity contribution is 0.143. The number of benzene rings is 2. The van der Waals surface area contributed by atoms with E-state index in [1.54, 1.807) is 12.1 Å². The van der Waals surface area contributed by atoms with Gasteiger partial charge in [0.2, 0.25) is 0 Å². The van der Waals surface area contributed by atoms with Gasteiger partial charge in [-0.3, -0.25) is 15.8 Å². The first kappa shape index (κ1) is 17.7. The van der Waals surface area contributed by atoms with E-state index in [9.17, 15) is 4.39 Å². The van der Waals surface area contributed by atoms with Crippen molar-refractivity contribution >= 4 is 0 Å². The average molecular weight is 353 g/mol. The summed E-state index contributed by atoms with van der Waals surface area (Å²) in [7, 11) is 0. The fourth-order valence-corrected chi connectivity index (χ4v) is 4.51. The predicted molar refractivity (Wildman–Crippen MR) is 103 cm³/mol. The Kier molecular flexibility index (Phi) is 5.63. The van der Waals surface area contributed by atoms with Crippen molar-refractivity contribution in [2.75, 3.05) is 19.6 Å². The number of halogens is 1. The molecule has 2 heterocycles. The van der Waals surface area contributed by atoms with Gasteiger partial charge in [0.15, 0.2) is 0 Å². The molecule has 4 heteroatoms. The number of nitrogens with one attached hydrogen (secondary N) is 2. The molecule has 2 atom stereocenters. The van der Waals surface area contributed by atoms with Crippen LogP contribution in [0.25, 0.3) is 0 Å². The van der Waals surface area contributed by atoms with Gasteiger partial charge in [0.1, 0.15) is 5.82 Å². The summed E-state index contributed by atoms with van der Waals surface area (Å²) < 4.78 is 13.9. The molecule has 0 saturated carbocycles. The van der Waals surface area contributed by atoms with E-state index in [0.29, 0.717) is 17.9 Å². The summed E-state index contributed by atoms with van der Waals surface area (Å²) in [4.78, 5) is 2.39. The maximum absolute atomic E-state index is 13.9. The number of hydrogen-bond acceptors (Lipinski definition) is 3. The minimum absolute atomic E-state index is 0.0841. The Morgan fingerprint density at radius 3 is 2.46 bits per heavy atom. The van der Waals surface area contributed by atoms with Gasteiger partial charge in [-0.25, -0.2) is 4.39 Å². The lowest BCUT2D eigenvalue weighted by atomic mass is 9.81. The third-order valence-electron chi connectivity index (χ3n) is 5.97. The minimum atomic E-state index is -0.0841. The summed E-state index contributed by atoms with van der Waals surface area (Å²) >= 11 is 0. The van der Waals surface area contributed by atoms with E-state index >= 15 is 0 Å². The molecule has 3 nitrogen and oxygen atoms in total. The summed E-state index contributed by atoms with van der Waals surface area (Å²) in [5.74, 6) is 1.25. The van der Waals surface area contributed by atoms with E-state index < -0.39 is 0 Å². The maximum atomic E-state index is 13.9. The SMILES string of the molecule is Fc1ccccc1CN1CCC(C2NNCC2Cc2ccccc2)CC1. The molecule has 26 heavy (non-hydrogen) atoms. The molecule has 2 unspecified atom stereocenters. The summed E-state index contributed by atoms with van der Waals surface area (Å²) in [6.45, 7) is 3.86. The normalized spacial score (nSPS) is 24.8. The van der Waals surface area contributed by atoms with Crippen LogP contribution in [0.2, 0.25) is 0 Å². The first-order chi connectivity index (χ1) is 12.8. The molecule has 2 fully saturated rings. The molecular weight excluding hydrogens is 325 g/mol. The molecule has 0 amide bonds. The van der Waals surface area contributed by atoms with Gasteiger partial charge in [-0.1, -0.05) is 48.5 Å². The number of rotatable bonds is 5. The first-order valence-electron chi connectivity index (χ1n) is 9.77.